The van der Waals surface area contributed by atoms with Crippen molar-refractivity contribution in [1.82, 2.24) is 5.32 Å². The smallest absolute Gasteiger partial charge is 0.129 e. The summed E-state index contributed by atoms with van der Waals surface area (Å²) in [6, 6.07) is 4.57. The summed E-state index contributed by atoms with van der Waals surface area (Å²) in [6.45, 7) is 6.83. The van der Waals surface area contributed by atoms with Crippen LogP contribution in [-0.2, 0) is 6.54 Å². The van der Waals surface area contributed by atoms with E-state index in [4.69, 9.17) is 0 Å². The van der Waals surface area contributed by atoms with Crippen molar-refractivity contribution in [3.05, 3.63) is 34.6 Å². The lowest BCUT2D eigenvalue weighted by Gasteiger charge is -2.14. The van der Waals surface area contributed by atoms with E-state index >= 15 is 0 Å². The van der Waals surface area contributed by atoms with Crippen LogP contribution >= 0.6 is 0 Å². The van der Waals surface area contributed by atoms with Gasteiger partial charge in [0.15, 0.2) is 0 Å². The first-order valence-corrected chi connectivity index (χ1v) is 7.09. The van der Waals surface area contributed by atoms with E-state index in [1.165, 1.54) is 31.2 Å². The van der Waals surface area contributed by atoms with Crippen LogP contribution in [0.4, 0.5) is 4.39 Å². The Balaban J connectivity index is 1.91. The predicted molar refractivity (Wildman–Crippen MR) is 74.1 cm³/mol. The Bertz CT molecular complexity index is 391. The number of hydrogen-bond acceptors (Lipinski definition) is 1. The van der Waals surface area contributed by atoms with E-state index in [0.717, 1.165) is 23.6 Å². The van der Waals surface area contributed by atoms with E-state index in [1.807, 2.05) is 26.0 Å². The quantitative estimate of drug-likeness (QED) is 0.846. The highest BCUT2D eigenvalue weighted by atomic mass is 19.1. The van der Waals surface area contributed by atoms with Crippen LogP contribution in [-0.4, -0.2) is 6.04 Å². The van der Waals surface area contributed by atoms with Gasteiger partial charge in [0.25, 0.3) is 0 Å². The van der Waals surface area contributed by atoms with Crippen molar-refractivity contribution in [2.75, 3.05) is 0 Å². The SMILES string of the molecule is CCC1CCC(NCc2cc(C)c(F)c(C)c2)C1. The van der Waals surface area contributed by atoms with Crippen molar-refractivity contribution in [2.24, 2.45) is 5.92 Å². The fraction of sp³-hybridized carbons (Fsp3) is 0.625. The average molecular weight is 249 g/mol. The molecular weight excluding hydrogens is 225 g/mol. The fourth-order valence-corrected chi connectivity index (χ4v) is 3.03. The first kappa shape index (κ1) is 13.5. The lowest BCUT2D eigenvalue weighted by Crippen LogP contribution is -2.26. The Labute approximate surface area is 110 Å². The molecule has 1 saturated carbocycles. The van der Waals surface area contributed by atoms with Gasteiger partial charge in [0.2, 0.25) is 0 Å². The molecular formula is C16H24FN. The summed E-state index contributed by atoms with van der Waals surface area (Å²) in [5.74, 6) is 0.838. The molecule has 0 saturated heterocycles. The third-order valence-electron chi connectivity index (χ3n) is 4.21. The molecule has 1 N–H and O–H groups in total. The van der Waals surface area contributed by atoms with E-state index < -0.39 is 0 Å². The van der Waals surface area contributed by atoms with Crippen molar-refractivity contribution in [2.45, 2.75) is 59.0 Å². The Hall–Kier alpha value is -0.890. The molecule has 2 heteroatoms. The zero-order valence-corrected chi connectivity index (χ0v) is 11.7. The van der Waals surface area contributed by atoms with Crippen molar-refractivity contribution in [3.8, 4) is 0 Å². The molecule has 0 spiro atoms. The molecule has 1 aromatic rings. The zero-order valence-electron chi connectivity index (χ0n) is 11.7. The summed E-state index contributed by atoms with van der Waals surface area (Å²) in [5.41, 5.74) is 2.71. The minimum absolute atomic E-state index is 0.0642. The highest BCUT2D eigenvalue weighted by Crippen LogP contribution is 2.28. The fourth-order valence-electron chi connectivity index (χ4n) is 3.03. The van der Waals surface area contributed by atoms with E-state index in [0.29, 0.717) is 6.04 Å². The Kier molecular flexibility index (Phi) is 4.39. The molecule has 1 nitrogen and oxygen atoms in total. The van der Waals surface area contributed by atoms with Crippen molar-refractivity contribution in [1.29, 1.82) is 0 Å². The summed E-state index contributed by atoms with van der Waals surface area (Å²) < 4.78 is 13.5. The molecule has 0 heterocycles. The van der Waals surface area contributed by atoms with E-state index in [9.17, 15) is 4.39 Å². The standard InChI is InChI=1S/C16H24FN/c1-4-13-5-6-15(9-13)18-10-14-7-11(2)16(17)12(3)8-14/h7-8,13,15,18H,4-6,9-10H2,1-3H3. The van der Waals surface area contributed by atoms with E-state index in [-0.39, 0.29) is 5.82 Å². The second-order valence-electron chi connectivity index (χ2n) is 5.71. The maximum absolute atomic E-state index is 13.5. The summed E-state index contributed by atoms with van der Waals surface area (Å²) in [4.78, 5) is 0. The van der Waals surface area contributed by atoms with Crippen LogP contribution in [0.15, 0.2) is 12.1 Å². The molecule has 1 aliphatic rings. The number of halogens is 1. The molecule has 1 fully saturated rings. The van der Waals surface area contributed by atoms with Crippen LogP contribution in [0, 0.1) is 25.6 Å². The van der Waals surface area contributed by atoms with Gasteiger partial charge in [-0.05, 0) is 55.7 Å². The minimum Gasteiger partial charge on any atom is -0.310 e. The first-order chi connectivity index (χ1) is 8.60. The third-order valence-corrected chi connectivity index (χ3v) is 4.21. The monoisotopic (exact) mass is 249 g/mol. The maximum Gasteiger partial charge on any atom is 0.129 e. The first-order valence-electron chi connectivity index (χ1n) is 7.09. The molecule has 0 radical (unpaired) electrons. The highest BCUT2D eigenvalue weighted by molar-refractivity contribution is 5.30. The summed E-state index contributed by atoms with van der Waals surface area (Å²) in [7, 11) is 0. The van der Waals surface area contributed by atoms with Crippen LogP contribution in [0.5, 0.6) is 0 Å². The molecule has 0 amide bonds. The maximum atomic E-state index is 13.5. The summed E-state index contributed by atoms with van der Waals surface area (Å²) >= 11 is 0. The van der Waals surface area contributed by atoms with Crippen LogP contribution < -0.4 is 5.32 Å². The van der Waals surface area contributed by atoms with Gasteiger partial charge in [-0.15, -0.1) is 0 Å². The van der Waals surface area contributed by atoms with Crippen molar-refractivity contribution < 1.29 is 4.39 Å². The van der Waals surface area contributed by atoms with Gasteiger partial charge in [0.1, 0.15) is 5.82 Å². The molecule has 2 unspecified atom stereocenters. The topological polar surface area (TPSA) is 12.0 Å². The lowest BCUT2D eigenvalue weighted by molar-refractivity contribution is 0.476. The number of nitrogens with one attached hydrogen (secondary N) is 1. The van der Waals surface area contributed by atoms with Gasteiger partial charge < -0.3 is 5.32 Å². The third kappa shape index (κ3) is 3.11. The second kappa shape index (κ2) is 5.83. The van der Waals surface area contributed by atoms with E-state index in [1.54, 1.807) is 0 Å². The summed E-state index contributed by atoms with van der Waals surface area (Å²) in [5, 5.41) is 3.61. The number of rotatable bonds is 4. The zero-order chi connectivity index (χ0) is 13.1. The van der Waals surface area contributed by atoms with Gasteiger partial charge in [0, 0.05) is 12.6 Å². The largest absolute Gasteiger partial charge is 0.310 e. The van der Waals surface area contributed by atoms with Gasteiger partial charge in [-0.3, -0.25) is 0 Å². The highest BCUT2D eigenvalue weighted by Gasteiger charge is 2.22. The molecule has 0 aromatic heterocycles. The molecule has 0 bridgehead atoms. The molecule has 18 heavy (non-hydrogen) atoms. The molecule has 2 rings (SSSR count). The molecule has 2 atom stereocenters. The van der Waals surface area contributed by atoms with Crippen LogP contribution in [0.1, 0.15) is 49.3 Å². The van der Waals surface area contributed by atoms with Crippen LogP contribution in [0.3, 0.4) is 0 Å². The lowest BCUT2D eigenvalue weighted by atomic mass is 10.0. The normalized spacial score (nSPS) is 23.6. The van der Waals surface area contributed by atoms with Gasteiger partial charge in [-0.2, -0.15) is 0 Å². The van der Waals surface area contributed by atoms with Crippen molar-refractivity contribution in [3.63, 3.8) is 0 Å². The predicted octanol–water partition coefficient (Wildman–Crippen LogP) is 4.11. The van der Waals surface area contributed by atoms with Gasteiger partial charge in [-0.25, -0.2) is 4.39 Å². The number of benzene rings is 1. The van der Waals surface area contributed by atoms with E-state index in [2.05, 4.69) is 12.2 Å². The number of aryl methyl sites for hydroxylation is 2. The summed E-state index contributed by atoms with van der Waals surface area (Å²) in [6.07, 6.45) is 5.25. The van der Waals surface area contributed by atoms with Gasteiger partial charge >= 0.3 is 0 Å². The van der Waals surface area contributed by atoms with Crippen LogP contribution in [0.25, 0.3) is 0 Å². The Morgan fingerprint density at radius 2 is 1.89 bits per heavy atom. The minimum atomic E-state index is -0.0642. The molecule has 1 aliphatic carbocycles. The second-order valence-corrected chi connectivity index (χ2v) is 5.71. The molecule has 100 valence electrons. The van der Waals surface area contributed by atoms with Crippen molar-refractivity contribution >= 4 is 0 Å². The number of hydrogen-bond donors (Lipinski definition) is 1. The average Bonchev–Trinajstić information content (AvgIpc) is 2.81. The molecule has 1 aromatic carbocycles. The van der Waals surface area contributed by atoms with Crippen LogP contribution in [0.2, 0.25) is 0 Å². The molecule has 0 aliphatic heterocycles. The van der Waals surface area contributed by atoms with Gasteiger partial charge in [0.05, 0.1) is 0 Å². The Morgan fingerprint density at radius 3 is 2.44 bits per heavy atom. The Morgan fingerprint density at radius 1 is 1.22 bits per heavy atom. The van der Waals surface area contributed by atoms with Gasteiger partial charge in [-0.1, -0.05) is 25.5 Å².